The molecule has 6 unspecified atom stereocenters. The van der Waals surface area contributed by atoms with Crippen LogP contribution < -0.4 is 0 Å². The average molecular weight is 282 g/mol. The first-order valence-corrected chi connectivity index (χ1v) is 9.37. The third-order valence-electron chi connectivity index (χ3n) is 8.24. The van der Waals surface area contributed by atoms with Crippen molar-refractivity contribution in [2.45, 2.75) is 50.7 Å². The number of ether oxygens (including phenoxy) is 1. The van der Waals surface area contributed by atoms with Crippen molar-refractivity contribution in [2.75, 3.05) is 0 Å². The zero-order chi connectivity index (χ0) is 13.6. The first kappa shape index (κ1) is 11.9. The molecule has 0 amide bonds. The number of hydrogen-bond acceptors (Lipinski definition) is 1. The summed E-state index contributed by atoms with van der Waals surface area (Å²) in [5.74, 6) is 7.47. The minimum Gasteiger partial charge on any atom is -0.374 e. The third-order valence-corrected chi connectivity index (χ3v) is 8.24. The molecule has 1 nitrogen and oxygen atoms in total. The van der Waals surface area contributed by atoms with Crippen LogP contribution in [0.15, 0.2) is 24.3 Å². The fourth-order valence-corrected chi connectivity index (χ4v) is 7.53. The second-order valence-electron chi connectivity index (χ2n) is 8.81. The SMILES string of the molecule is C1=CC2C(C1)[C@@H]1C[C@H]2CC1OC1C[C@H]2C[C@@H]1C1CC=CC12. The minimum absolute atomic E-state index is 0.619. The Balaban J connectivity index is 1.18. The van der Waals surface area contributed by atoms with Gasteiger partial charge in [-0.3, -0.25) is 0 Å². The lowest BCUT2D eigenvalue weighted by Crippen LogP contribution is -2.38. The van der Waals surface area contributed by atoms with E-state index in [4.69, 9.17) is 4.74 Å². The minimum atomic E-state index is 0.619. The molecule has 0 aromatic rings. The van der Waals surface area contributed by atoms with Gasteiger partial charge in [-0.1, -0.05) is 24.3 Å². The molecule has 0 N–H and O–H groups in total. The monoisotopic (exact) mass is 282 g/mol. The van der Waals surface area contributed by atoms with Crippen LogP contribution >= 0.6 is 0 Å². The topological polar surface area (TPSA) is 9.23 Å². The molecule has 0 radical (unpaired) electrons. The summed E-state index contributed by atoms with van der Waals surface area (Å²) in [5.41, 5.74) is 0. The molecule has 0 heterocycles. The van der Waals surface area contributed by atoms with Crippen molar-refractivity contribution < 1.29 is 4.74 Å². The van der Waals surface area contributed by atoms with Crippen molar-refractivity contribution in [3.8, 4) is 0 Å². The van der Waals surface area contributed by atoms with Crippen LogP contribution in [0.4, 0.5) is 0 Å². The maximum Gasteiger partial charge on any atom is 0.0613 e. The summed E-state index contributed by atoms with van der Waals surface area (Å²) in [6.45, 7) is 0. The van der Waals surface area contributed by atoms with Crippen LogP contribution in [0.25, 0.3) is 0 Å². The van der Waals surface area contributed by atoms with Gasteiger partial charge < -0.3 is 4.74 Å². The van der Waals surface area contributed by atoms with E-state index in [2.05, 4.69) is 24.3 Å². The Labute approximate surface area is 127 Å². The van der Waals surface area contributed by atoms with Gasteiger partial charge in [0, 0.05) is 0 Å². The summed E-state index contributed by atoms with van der Waals surface area (Å²) in [4.78, 5) is 0. The Morgan fingerprint density at radius 1 is 0.619 bits per heavy atom. The Morgan fingerprint density at radius 3 is 1.67 bits per heavy atom. The van der Waals surface area contributed by atoms with E-state index in [1.807, 2.05) is 0 Å². The number of hydrogen-bond donors (Lipinski definition) is 0. The molecule has 21 heavy (non-hydrogen) atoms. The lowest BCUT2D eigenvalue weighted by Gasteiger charge is -2.37. The van der Waals surface area contributed by atoms with Crippen molar-refractivity contribution in [3.05, 3.63) is 24.3 Å². The van der Waals surface area contributed by atoms with E-state index in [1.54, 1.807) is 0 Å². The summed E-state index contributed by atoms with van der Waals surface area (Å²) in [5, 5.41) is 0. The normalized spacial score (nSPS) is 61.9. The van der Waals surface area contributed by atoms with Gasteiger partial charge in [0.05, 0.1) is 12.2 Å². The van der Waals surface area contributed by atoms with E-state index in [0.29, 0.717) is 12.2 Å². The average Bonchev–Trinajstić information content (AvgIpc) is 3.26. The molecule has 0 spiro atoms. The number of allylic oxidation sites excluding steroid dienone is 4. The van der Waals surface area contributed by atoms with E-state index in [1.165, 1.54) is 38.5 Å². The number of rotatable bonds is 2. The van der Waals surface area contributed by atoms with E-state index in [-0.39, 0.29) is 0 Å². The number of fused-ring (bicyclic) bond motifs is 10. The van der Waals surface area contributed by atoms with Gasteiger partial charge in [0.1, 0.15) is 0 Å². The second-order valence-corrected chi connectivity index (χ2v) is 8.81. The van der Waals surface area contributed by atoms with Gasteiger partial charge in [-0.05, 0) is 85.9 Å². The first-order valence-electron chi connectivity index (χ1n) is 9.37. The summed E-state index contributed by atoms with van der Waals surface area (Å²) < 4.78 is 6.80. The van der Waals surface area contributed by atoms with Gasteiger partial charge in [0.2, 0.25) is 0 Å². The molecule has 0 aromatic carbocycles. The predicted molar refractivity (Wildman–Crippen MR) is 82.6 cm³/mol. The molecule has 6 aliphatic carbocycles. The van der Waals surface area contributed by atoms with E-state index < -0.39 is 0 Å². The highest BCUT2D eigenvalue weighted by Gasteiger charge is 2.57. The Kier molecular flexibility index (Phi) is 2.30. The highest BCUT2D eigenvalue weighted by atomic mass is 16.5. The zero-order valence-electron chi connectivity index (χ0n) is 12.7. The maximum atomic E-state index is 6.80. The largest absolute Gasteiger partial charge is 0.374 e. The molecular weight excluding hydrogens is 256 g/mol. The molecule has 4 saturated carbocycles. The summed E-state index contributed by atoms with van der Waals surface area (Å²) in [7, 11) is 0. The van der Waals surface area contributed by atoms with E-state index in [9.17, 15) is 0 Å². The first-order chi connectivity index (χ1) is 10.4. The maximum absolute atomic E-state index is 6.80. The molecule has 0 aromatic heterocycles. The van der Waals surface area contributed by atoms with Crippen molar-refractivity contribution in [1.82, 2.24) is 0 Å². The summed E-state index contributed by atoms with van der Waals surface area (Å²) in [6, 6.07) is 0. The molecule has 4 fully saturated rings. The molecule has 4 bridgehead atoms. The zero-order valence-corrected chi connectivity index (χ0v) is 12.7. The van der Waals surface area contributed by atoms with Crippen LogP contribution in [0.3, 0.4) is 0 Å². The molecule has 0 saturated heterocycles. The van der Waals surface area contributed by atoms with Crippen molar-refractivity contribution in [1.29, 1.82) is 0 Å². The predicted octanol–water partition coefficient (Wildman–Crippen LogP) is 4.20. The fraction of sp³-hybridized carbons (Fsp3) is 0.800. The quantitative estimate of drug-likeness (QED) is 0.690. The highest BCUT2D eigenvalue weighted by Crippen LogP contribution is 2.61. The molecular formula is C20H26O. The summed E-state index contributed by atoms with van der Waals surface area (Å²) in [6.07, 6.45) is 19.6. The van der Waals surface area contributed by atoms with Gasteiger partial charge in [0.15, 0.2) is 0 Å². The molecule has 10 atom stereocenters. The van der Waals surface area contributed by atoms with Gasteiger partial charge in [-0.15, -0.1) is 0 Å². The lowest BCUT2D eigenvalue weighted by molar-refractivity contribution is -0.0879. The van der Waals surface area contributed by atoms with Gasteiger partial charge >= 0.3 is 0 Å². The Morgan fingerprint density at radius 2 is 1.14 bits per heavy atom. The van der Waals surface area contributed by atoms with Crippen LogP contribution in [-0.4, -0.2) is 12.2 Å². The lowest BCUT2D eigenvalue weighted by atomic mass is 9.78. The summed E-state index contributed by atoms with van der Waals surface area (Å²) >= 11 is 0. The molecule has 1 heteroatoms. The fourth-order valence-electron chi connectivity index (χ4n) is 7.53. The van der Waals surface area contributed by atoms with Crippen LogP contribution in [0.2, 0.25) is 0 Å². The van der Waals surface area contributed by atoms with E-state index >= 15 is 0 Å². The molecule has 6 rings (SSSR count). The van der Waals surface area contributed by atoms with Crippen LogP contribution in [0.5, 0.6) is 0 Å². The Bertz CT molecular complexity index is 474. The molecule has 6 aliphatic rings. The smallest absolute Gasteiger partial charge is 0.0613 e. The molecule has 112 valence electrons. The third kappa shape index (κ3) is 1.47. The standard InChI is InChI=1S/C20H26O/c1-3-13-11-7-17(15(13)5-1)19(9-11)21-20-10-12-8-18(20)16-6-2-4-14(12)16/h1-4,11-20H,5-10H2/t11-,12+,13?,14?,15?,16?,17-,18+,19?,20?. The molecule has 0 aliphatic heterocycles. The van der Waals surface area contributed by atoms with Gasteiger partial charge in [0.25, 0.3) is 0 Å². The van der Waals surface area contributed by atoms with E-state index in [0.717, 1.165) is 47.3 Å². The van der Waals surface area contributed by atoms with Crippen molar-refractivity contribution in [3.63, 3.8) is 0 Å². The van der Waals surface area contributed by atoms with Gasteiger partial charge in [-0.25, -0.2) is 0 Å². The van der Waals surface area contributed by atoms with Crippen LogP contribution in [0.1, 0.15) is 38.5 Å². The van der Waals surface area contributed by atoms with Crippen molar-refractivity contribution in [2.24, 2.45) is 47.3 Å². The van der Waals surface area contributed by atoms with Crippen LogP contribution in [-0.2, 0) is 4.74 Å². The second kappa shape index (κ2) is 4.04. The van der Waals surface area contributed by atoms with Gasteiger partial charge in [-0.2, -0.15) is 0 Å². The highest BCUT2D eigenvalue weighted by molar-refractivity contribution is 5.16. The Hall–Kier alpha value is -0.560. The van der Waals surface area contributed by atoms with Crippen LogP contribution in [0, 0.1) is 47.3 Å². The van der Waals surface area contributed by atoms with Crippen molar-refractivity contribution >= 4 is 0 Å².